The highest BCUT2D eigenvalue weighted by Crippen LogP contribution is 2.35. The zero-order valence-electron chi connectivity index (χ0n) is 13.0. The first kappa shape index (κ1) is 14.6. The molecular formula is C18H21N3O. The van der Waals surface area contributed by atoms with E-state index in [1.165, 1.54) is 11.1 Å². The molecule has 4 nitrogen and oxygen atoms in total. The van der Waals surface area contributed by atoms with Crippen molar-refractivity contribution >= 4 is 10.9 Å². The molecule has 0 aliphatic rings. The Bertz CT molecular complexity index is 736. The second-order valence-electron chi connectivity index (χ2n) is 5.37. The van der Waals surface area contributed by atoms with Crippen molar-refractivity contribution in [1.29, 1.82) is 0 Å². The molecule has 2 aromatic carbocycles. The average molecular weight is 295 g/mol. The second kappa shape index (κ2) is 6.62. The van der Waals surface area contributed by atoms with Gasteiger partial charge in [-0.2, -0.15) is 5.10 Å². The lowest BCUT2D eigenvalue weighted by Gasteiger charge is -2.19. The number of hydrogen-bond donors (Lipinski definition) is 2. The van der Waals surface area contributed by atoms with E-state index in [2.05, 4.69) is 51.9 Å². The number of methoxy groups -OCH3 is 1. The maximum Gasteiger partial charge on any atom is 0.144 e. The highest BCUT2D eigenvalue weighted by molar-refractivity contribution is 5.88. The van der Waals surface area contributed by atoms with E-state index in [1.54, 1.807) is 7.11 Å². The van der Waals surface area contributed by atoms with Crippen LogP contribution in [0.2, 0.25) is 0 Å². The molecule has 0 unspecified atom stereocenters. The van der Waals surface area contributed by atoms with Crippen molar-refractivity contribution in [1.82, 2.24) is 15.5 Å². The Morgan fingerprint density at radius 1 is 1.18 bits per heavy atom. The molecule has 1 heterocycles. The maximum atomic E-state index is 5.42. The first-order valence-electron chi connectivity index (χ1n) is 7.54. The van der Waals surface area contributed by atoms with Crippen LogP contribution in [0, 0.1) is 0 Å². The van der Waals surface area contributed by atoms with E-state index < -0.39 is 0 Å². The molecule has 0 fully saturated rings. The standard InChI is InChI=1S/C18H21N3O/c1-19-11-10-14(13-6-4-3-5-7-13)15-8-9-17(22-2)18-16(15)12-20-21-18/h3-9,12,14,19H,10-11H2,1-2H3,(H,20,21)/t14-/m0/s1. The summed E-state index contributed by atoms with van der Waals surface area (Å²) in [6, 6.07) is 14.8. The van der Waals surface area contributed by atoms with Gasteiger partial charge in [-0.1, -0.05) is 36.4 Å². The van der Waals surface area contributed by atoms with Crippen LogP contribution in [-0.4, -0.2) is 30.9 Å². The molecule has 0 radical (unpaired) electrons. The molecule has 0 saturated heterocycles. The lowest BCUT2D eigenvalue weighted by Crippen LogP contribution is -2.13. The van der Waals surface area contributed by atoms with E-state index in [0.717, 1.165) is 29.6 Å². The number of hydrogen-bond acceptors (Lipinski definition) is 3. The van der Waals surface area contributed by atoms with Crippen LogP contribution < -0.4 is 10.1 Å². The van der Waals surface area contributed by atoms with Crippen molar-refractivity contribution in [3.8, 4) is 5.75 Å². The minimum Gasteiger partial charge on any atom is -0.494 e. The van der Waals surface area contributed by atoms with Crippen molar-refractivity contribution in [2.75, 3.05) is 20.7 Å². The summed E-state index contributed by atoms with van der Waals surface area (Å²) in [5.74, 6) is 1.16. The summed E-state index contributed by atoms with van der Waals surface area (Å²) in [5.41, 5.74) is 3.57. The predicted molar refractivity (Wildman–Crippen MR) is 89.5 cm³/mol. The van der Waals surface area contributed by atoms with E-state index >= 15 is 0 Å². The highest BCUT2D eigenvalue weighted by Gasteiger charge is 2.18. The Hall–Kier alpha value is -2.33. The van der Waals surface area contributed by atoms with Crippen molar-refractivity contribution < 1.29 is 4.74 Å². The summed E-state index contributed by atoms with van der Waals surface area (Å²) in [5, 5.41) is 11.6. The Morgan fingerprint density at radius 3 is 2.73 bits per heavy atom. The van der Waals surface area contributed by atoms with Crippen LogP contribution in [-0.2, 0) is 0 Å². The van der Waals surface area contributed by atoms with E-state index in [1.807, 2.05) is 19.3 Å². The molecule has 0 aliphatic carbocycles. The minimum atomic E-state index is 0.333. The van der Waals surface area contributed by atoms with Gasteiger partial charge in [-0.25, -0.2) is 0 Å². The normalized spacial score (nSPS) is 12.5. The molecule has 0 bridgehead atoms. The van der Waals surface area contributed by atoms with Gasteiger partial charge in [0.25, 0.3) is 0 Å². The minimum absolute atomic E-state index is 0.333. The van der Waals surface area contributed by atoms with Gasteiger partial charge in [-0.05, 0) is 37.2 Å². The Morgan fingerprint density at radius 2 is 2.00 bits per heavy atom. The fourth-order valence-electron chi connectivity index (χ4n) is 2.98. The topological polar surface area (TPSA) is 49.9 Å². The second-order valence-corrected chi connectivity index (χ2v) is 5.37. The van der Waals surface area contributed by atoms with Gasteiger partial charge in [0.1, 0.15) is 11.3 Å². The first-order valence-corrected chi connectivity index (χ1v) is 7.54. The number of benzene rings is 2. The zero-order chi connectivity index (χ0) is 15.4. The quantitative estimate of drug-likeness (QED) is 0.733. The molecule has 2 N–H and O–H groups in total. The molecule has 0 amide bonds. The van der Waals surface area contributed by atoms with E-state index in [9.17, 15) is 0 Å². The van der Waals surface area contributed by atoms with Crippen molar-refractivity contribution in [3.05, 3.63) is 59.8 Å². The summed E-state index contributed by atoms with van der Waals surface area (Å²) in [6.45, 7) is 0.963. The number of H-pyrrole nitrogens is 1. The van der Waals surface area contributed by atoms with Crippen LogP contribution in [0.15, 0.2) is 48.7 Å². The lowest BCUT2D eigenvalue weighted by molar-refractivity contribution is 0.418. The van der Waals surface area contributed by atoms with Crippen LogP contribution in [0.1, 0.15) is 23.5 Å². The summed E-state index contributed by atoms with van der Waals surface area (Å²) >= 11 is 0. The smallest absolute Gasteiger partial charge is 0.144 e. The van der Waals surface area contributed by atoms with Crippen molar-refractivity contribution in [2.45, 2.75) is 12.3 Å². The number of ether oxygens (including phenoxy) is 1. The Balaban J connectivity index is 2.10. The summed E-state index contributed by atoms with van der Waals surface area (Å²) in [4.78, 5) is 0. The van der Waals surface area contributed by atoms with Crippen LogP contribution in [0.4, 0.5) is 0 Å². The van der Waals surface area contributed by atoms with Crippen LogP contribution in [0.5, 0.6) is 5.75 Å². The molecule has 0 saturated carbocycles. The predicted octanol–water partition coefficient (Wildman–Crippen LogP) is 3.31. The monoisotopic (exact) mass is 295 g/mol. The molecule has 4 heteroatoms. The van der Waals surface area contributed by atoms with Crippen molar-refractivity contribution in [3.63, 3.8) is 0 Å². The Labute approximate surface area is 130 Å². The first-order chi connectivity index (χ1) is 10.8. The third-order valence-electron chi connectivity index (χ3n) is 4.09. The van der Waals surface area contributed by atoms with Crippen LogP contribution >= 0.6 is 0 Å². The van der Waals surface area contributed by atoms with Gasteiger partial charge in [-0.15, -0.1) is 0 Å². The molecule has 3 aromatic rings. The van der Waals surface area contributed by atoms with Gasteiger partial charge >= 0.3 is 0 Å². The van der Waals surface area contributed by atoms with E-state index in [4.69, 9.17) is 4.74 Å². The summed E-state index contributed by atoms with van der Waals surface area (Å²) in [6.07, 6.45) is 2.93. The molecule has 114 valence electrons. The van der Waals surface area contributed by atoms with Crippen LogP contribution in [0.3, 0.4) is 0 Å². The number of rotatable bonds is 6. The lowest BCUT2D eigenvalue weighted by atomic mass is 9.86. The third-order valence-corrected chi connectivity index (χ3v) is 4.09. The largest absolute Gasteiger partial charge is 0.494 e. The average Bonchev–Trinajstić information content (AvgIpc) is 3.06. The fourth-order valence-corrected chi connectivity index (χ4v) is 2.98. The Kier molecular flexibility index (Phi) is 4.39. The van der Waals surface area contributed by atoms with Gasteiger partial charge < -0.3 is 10.1 Å². The highest BCUT2D eigenvalue weighted by atomic mass is 16.5. The number of aromatic amines is 1. The number of nitrogens with zero attached hydrogens (tertiary/aromatic N) is 1. The molecule has 3 rings (SSSR count). The van der Waals surface area contributed by atoms with Gasteiger partial charge in [0.05, 0.1) is 13.3 Å². The summed E-state index contributed by atoms with van der Waals surface area (Å²) in [7, 11) is 3.68. The van der Waals surface area contributed by atoms with Gasteiger partial charge in [0.15, 0.2) is 0 Å². The van der Waals surface area contributed by atoms with E-state index in [0.29, 0.717) is 5.92 Å². The molecule has 0 spiro atoms. The molecule has 22 heavy (non-hydrogen) atoms. The molecule has 0 aliphatic heterocycles. The number of aromatic nitrogens is 2. The SMILES string of the molecule is CNCC[C@@H](c1ccccc1)c1ccc(OC)c2[nH]ncc12. The molecule has 1 atom stereocenters. The van der Waals surface area contributed by atoms with E-state index in [-0.39, 0.29) is 0 Å². The third kappa shape index (κ3) is 2.70. The number of fused-ring (bicyclic) bond motifs is 1. The summed E-state index contributed by atoms with van der Waals surface area (Å²) < 4.78 is 5.42. The molecular weight excluding hydrogens is 274 g/mol. The zero-order valence-corrected chi connectivity index (χ0v) is 13.0. The number of nitrogens with one attached hydrogen (secondary N) is 2. The molecule has 1 aromatic heterocycles. The maximum absolute atomic E-state index is 5.42. The van der Waals surface area contributed by atoms with Gasteiger partial charge in [-0.3, -0.25) is 5.10 Å². The van der Waals surface area contributed by atoms with Gasteiger partial charge in [0, 0.05) is 11.3 Å². The van der Waals surface area contributed by atoms with Crippen LogP contribution in [0.25, 0.3) is 10.9 Å². The van der Waals surface area contributed by atoms with Crippen molar-refractivity contribution in [2.24, 2.45) is 0 Å². The fraction of sp³-hybridized carbons (Fsp3) is 0.278. The van der Waals surface area contributed by atoms with Gasteiger partial charge in [0.2, 0.25) is 0 Å².